The Balaban J connectivity index is 1.33. The van der Waals surface area contributed by atoms with Gasteiger partial charge in [-0.05, 0) is 25.2 Å². The fourth-order valence-corrected chi connectivity index (χ4v) is 4.70. The van der Waals surface area contributed by atoms with Crippen LogP contribution in [0.2, 0.25) is 0 Å². The Kier molecular flexibility index (Phi) is 5.59. The van der Waals surface area contributed by atoms with Gasteiger partial charge in [-0.3, -0.25) is 0 Å². The Hall–Kier alpha value is -4.00. The van der Waals surface area contributed by atoms with E-state index in [4.69, 9.17) is 14.4 Å². The van der Waals surface area contributed by atoms with E-state index in [1.807, 2.05) is 18.0 Å². The van der Waals surface area contributed by atoms with Crippen molar-refractivity contribution in [2.75, 3.05) is 67.0 Å². The summed E-state index contributed by atoms with van der Waals surface area (Å²) in [6.07, 6.45) is -1.11. The lowest BCUT2D eigenvalue weighted by atomic mass is 10.2. The summed E-state index contributed by atoms with van der Waals surface area (Å²) < 4.78 is 44.7. The van der Waals surface area contributed by atoms with Crippen molar-refractivity contribution in [1.29, 1.82) is 0 Å². The van der Waals surface area contributed by atoms with Gasteiger partial charge in [0.25, 0.3) is 0 Å². The zero-order valence-electron chi connectivity index (χ0n) is 20.4. The predicted octanol–water partition coefficient (Wildman–Crippen LogP) is 3.87. The van der Waals surface area contributed by atoms with E-state index in [2.05, 4.69) is 37.0 Å². The van der Waals surface area contributed by atoms with Gasteiger partial charge in [0.1, 0.15) is 17.8 Å². The number of imidazole rings is 1. The molecule has 0 bridgehead atoms. The second-order valence-electron chi connectivity index (χ2n) is 9.35. The molecule has 0 radical (unpaired) electrons. The maximum absolute atomic E-state index is 13.1. The molecular formula is C24H26F3N9O. The number of hydrogen-bond donors (Lipinski definition) is 2. The molecule has 194 valence electrons. The summed E-state index contributed by atoms with van der Waals surface area (Å²) in [5.74, 6) is 2.52. The van der Waals surface area contributed by atoms with E-state index in [9.17, 15) is 13.2 Å². The van der Waals surface area contributed by atoms with Gasteiger partial charge >= 0.3 is 6.18 Å². The minimum Gasteiger partial charge on any atom is -0.470 e. The van der Waals surface area contributed by atoms with Gasteiger partial charge in [-0.1, -0.05) is 0 Å². The van der Waals surface area contributed by atoms with E-state index < -0.39 is 11.7 Å². The normalized spacial score (nSPS) is 16.6. The molecule has 3 aromatic heterocycles. The van der Waals surface area contributed by atoms with Crippen LogP contribution in [0.15, 0.2) is 41.2 Å². The lowest BCUT2D eigenvalue weighted by Crippen LogP contribution is -2.45. The fourth-order valence-electron chi connectivity index (χ4n) is 4.70. The lowest BCUT2D eigenvalue weighted by molar-refractivity contribution is -0.137. The molecule has 2 aliphatic rings. The Labute approximate surface area is 210 Å². The highest BCUT2D eigenvalue weighted by molar-refractivity contribution is 5.87. The van der Waals surface area contributed by atoms with Crippen molar-refractivity contribution in [3.05, 3.63) is 48.2 Å². The molecule has 0 spiro atoms. The van der Waals surface area contributed by atoms with Crippen LogP contribution in [0.5, 0.6) is 0 Å². The quantitative estimate of drug-likeness (QED) is 0.413. The highest BCUT2D eigenvalue weighted by Gasteiger charge is 2.33. The maximum Gasteiger partial charge on any atom is 0.416 e. The molecule has 0 saturated carbocycles. The second kappa shape index (κ2) is 8.83. The predicted molar refractivity (Wildman–Crippen MR) is 134 cm³/mol. The Bertz CT molecular complexity index is 1410. The van der Waals surface area contributed by atoms with Gasteiger partial charge in [-0.15, -0.1) is 0 Å². The van der Waals surface area contributed by atoms with Crippen LogP contribution in [-0.2, 0) is 12.7 Å². The van der Waals surface area contributed by atoms with Gasteiger partial charge in [0.15, 0.2) is 11.6 Å². The molecule has 37 heavy (non-hydrogen) atoms. The number of nitrogens with zero attached hydrogens (tertiary/aromatic N) is 7. The number of aromatic nitrogens is 4. The molecule has 1 fully saturated rings. The van der Waals surface area contributed by atoms with Crippen LogP contribution in [-0.4, -0.2) is 71.8 Å². The molecule has 2 N–H and O–H groups in total. The van der Waals surface area contributed by atoms with Crippen molar-refractivity contribution in [3.63, 3.8) is 0 Å². The van der Waals surface area contributed by atoms with E-state index >= 15 is 0 Å². The lowest BCUT2D eigenvalue weighted by Gasteiger charge is -2.33. The minimum atomic E-state index is -4.41. The Morgan fingerprint density at radius 2 is 1.86 bits per heavy atom. The fraction of sp³-hybridized carbons (Fsp3) is 0.375. The van der Waals surface area contributed by atoms with Gasteiger partial charge < -0.3 is 34.3 Å². The summed E-state index contributed by atoms with van der Waals surface area (Å²) in [4.78, 5) is 25.8. The number of H-pyrrole nitrogens is 1. The number of fused-ring (bicyclic) bond motifs is 2. The molecule has 0 amide bonds. The van der Waals surface area contributed by atoms with Crippen molar-refractivity contribution in [2.24, 2.45) is 0 Å². The van der Waals surface area contributed by atoms with Crippen LogP contribution < -0.4 is 20.0 Å². The molecule has 13 heteroatoms. The average molecular weight is 514 g/mol. The van der Waals surface area contributed by atoms with Crippen molar-refractivity contribution in [1.82, 2.24) is 24.8 Å². The highest BCUT2D eigenvalue weighted by atomic mass is 19.4. The summed E-state index contributed by atoms with van der Waals surface area (Å²) in [5, 5.41) is 3.36. The van der Waals surface area contributed by atoms with Crippen molar-refractivity contribution in [2.45, 2.75) is 12.7 Å². The SMILES string of the molecule is CN1CCN(c2nc(NCc3nc4ccc(C(F)(F)F)cc4[nH]3)c3c(n2)N(c2ccoc2)CN3C)CC1. The summed E-state index contributed by atoms with van der Waals surface area (Å²) in [7, 11) is 4.05. The third kappa shape index (κ3) is 4.39. The number of anilines is 5. The Morgan fingerprint density at radius 3 is 2.59 bits per heavy atom. The van der Waals surface area contributed by atoms with Gasteiger partial charge in [0, 0.05) is 39.3 Å². The smallest absolute Gasteiger partial charge is 0.416 e. The monoisotopic (exact) mass is 513 g/mol. The number of halogens is 3. The number of hydrogen-bond acceptors (Lipinski definition) is 9. The van der Waals surface area contributed by atoms with Crippen LogP contribution in [0, 0.1) is 0 Å². The van der Waals surface area contributed by atoms with E-state index in [0.29, 0.717) is 35.3 Å². The summed E-state index contributed by atoms with van der Waals surface area (Å²) >= 11 is 0. The topological polar surface area (TPSA) is 92.6 Å². The van der Waals surface area contributed by atoms with Crippen molar-refractivity contribution < 1.29 is 17.6 Å². The molecule has 0 aliphatic carbocycles. The van der Waals surface area contributed by atoms with Gasteiger partial charge in [-0.2, -0.15) is 23.1 Å². The Morgan fingerprint density at radius 1 is 1.05 bits per heavy atom. The van der Waals surface area contributed by atoms with Gasteiger partial charge in [-0.25, -0.2) is 4.98 Å². The van der Waals surface area contributed by atoms with Crippen LogP contribution >= 0.6 is 0 Å². The molecule has 4 aromatic rings. The van der Waals surface area contributed by atoms with Crippen LogP contribution in [0.4, 0.5) is 42.1 Å². The first-order valence-electron chi connectivity index (χ1n) is 11.9. The first-order chi connectivity index (χ1) is 17.8. The number of furan rings is 1. The third-order valence-electron chi connectivity index (χ3n) is 6.73. The van der Waals surface area contributed by atoms with E-state index in [-0.39, 0.29) is 6.54 Å². The molecule has 1 saturated heterocycles. The van der Waals surface area contributed by atoms with Crippen molar-refractivity contribution in [3.8, 4) is 0 Å². The van der Waals surface area contributed by atoms with Gasteiger partial charge in [0.05, 0.1) is 41.8 Å². The van der Waals surface area contributed by atoms with Crippen LogP contribution in [0.1, 0.15) is 11.4 Å². The van der Waals surface area contributed by atoms with Crippen LogP contribution in [0.25, 0.3) is 11.0 Å². The average Bonchev–Trinajstić information content (AvgIpc) is 3.61. The highest BCUT2D eigenvalue weighted by Crippen LogP contribution is 2.43. The molecular weight excluding hydrogens is 487 g/mol. The third-order valence-corrected chi connectivity index (χ3v) is 6.73. The molecule has 5 heterocycles. The molecule has 0 atom stereocenters. The van der Waals surface area contributed by atoms with Crippen molar-refractivity contribution >= 4 is 40.0 Å². The van der Waals surface area contributed by atoms with E-state index in [0.717, 1.165) is 55.5 Å². The molecule has 10 nitrogen and oxygen atoms in total. The minimum absolute atomic E-state index is 0.251. The first-order valence-corrected chi connectivity index (χ1v) is 11.9. The van der Waals surface area contributed by atoms with E-state index in [1.54, 1.807) is 12.5 Å². The number of benzene rings is 1. The zero-order chi connectivity index (χ0) is 25.7. The standard InChI is InChI=1S/C24H26F3N9O/c1-33-6-8-35(9-7-33)23-31-21(20-22(32-23)36(14-34(20)2)16-5-10-37-13-16)28-12-19-29-17-4-3-15(24(25,26)27)11-18(17)30-19/h3-5,10-11,13H,6-9,12,14H2,1-2H3,(H,29,30)(H,28,31,32). The molecule has 1 aromatic carbocycles. The summed E-state index contributed by atoms with van der Waals surface area (Å²) in [6, 6.07) is 5.38. The largest absolute Gasteiger partial charge is 0.470 e. The summed E-state index contributed by atoms with van der Waals surface area (Å²) in [5.41, 5.74) is 1.81. The number of piperazine rings is 1. The number of aromatic amines is 1. The van der Waals surface area contributed by atoms with Gasteiger partial charge in [0.2, 0.25) is 5.95 Å². The zero-order valence-corrected chi connectivity index (χ0v) is 20.4. The first kappa shape index (κ1) is 23.4. The number of alkyl halides is 3. The molecule has 0 unspecified atom stereocenters. The second-order valence-corrected chi connectivity index (χ2v) is 9.35. The van der Waals surface area contributed by atoms with Crippen LogP contribution in [0.3, 0.4) is 0 Å². The summed E-state index contributed by atoms with van der Waals surface area (Å²) in [6.45, 7) is 4.25. The number of likely N-dealkylation sites (N-methyl/N-ethyl adjacent to an activating group) is 1. The molecule has 6 rings (SSSR count). The number of nitrogens with one attached hydrogen (secondary N) is 2. The molecule has 2 aliphatic heterocycles. The maximum atomic E-state index is 13.1. The van der Waals surface area contributed by atoms with E-state index in [1.165, 1.54) is 6.07 Å². The number of rotatable bonds is 5.